The fourth-order valence-electron chi connectivity index (χ4n) is 1.95. The normalized spacial score (nSPS) is 10.5. The lowest BCUT2D eigenvalue weighted by Crippen LogP contribution is -1.91. The summed E-state index contributed by atoms with van der Waals surface area (Å²) >= 11 is 4.52. The van der Waals surface area contributed by atoms with Gasteiger partial charge >= 0.3 is 0 Å². The van der Waals surface area contributed by atoms with Gasteiger partial charge in [-0.05, 0) is 54.7 Å². The fourth-order valence-corrected chi connectivity index (χ4v) is 2.23. The summed E-state index contributed by atoms with van der Waals surface area (Å²) in [4.78, 5) is 1.04. The van der Waals surface area contributed by atoms with E-state index in [1.54, 1.807) is 0 Å². The first-order valence-corrected chi connectivity index (χ1v) is 5.91. The highest BCUT2D eigenvalue weighted by atomic mass is 32.1. The summed E-state index contributed by atoms with van der Waals surface area (Å²) in [5.74, 6) is 0. The van der Waals surface area contributed by atoms with Gasteiger partial charge in [0.05, 0.1) is 0 Å². The van der Waals surface area contributed by atoms with Crippen molar-refractivity contribution >= 4 is 12.6 Å². The summed E-state index contributed by atoms with van der Waals surface area (Å²) in [6.45, 7) is 6.51. The van der Waals surface area contributed by atoms with Crippen molar-refractivity contribution in [2.75, 3.05) is 0 Å². The van der Waals surface area contributed by atoms with E-state index in [9.17, 15) is 0 Å². The molecule has 0 aromatic heterocycles. The van der Waals surface area contributed by atoms with Gasteiger partial charge in [0.2, 0.25) is 0 Å². The van der Waals surface area contributed by atoms with Crippen molar-refractivity contribution in [3.8, 4) is 11.1 Å². The first kappa shape index (κ1) is 11.3. The Morgan fingerprint density at radius 3 is 2.12 bits per heavy atom. The molecule has 0 amide bonds. The Labute approximate surface area is 103 Å². The van der Waals surface area contributed by atoms with Crippen LogP contribution in [0.2, 0.25) is 0 Å². The molecule has 1 heteroatoms. The molecule has 2 aromatic rings. The van der Waals surface area contributed by atoms with E-state index >= 15 is 0 Å². The SMILES string of the molecule is Cc1ccc(-c2ccccc2S)c(C)c1C. The minimum Gasteiger partial charge on any atom is -0.143 e. The highest BCUT2D eigenvalue weighted by Crippen LogP contribution is 2.31. The Kier molecular flexibility index (Phi) is 3.06. The third kappa shape index (κ3) is 1.88. The maximum atomic E-state index is 4.52. The third-order valence-corrected chi connectivity index (χ3v) is 3.64. The van der Waals surface area contributed by atoms with Gasteiger partial charge in [-0.1, -0.05) is 30.3 Å². The van der Waals surface area contributed by atoms with Gasteiger partial charge in [-0.3, -0.25) is 0 Å². The fraction of sp³-hybridized carbons (Fsp3) is 0.200. The van der Waals surface area contributed by atoms with E-state index in [1.165, 1.54) is 27.8 Å². The van der Waals surface area contributed by atoms with Crippen LogP contribution in [0.4, 0.5) is 0 Å². The van der Waals surface area contributed by atoms with Crippen molar-refractivity contribution in [1.29, 1.82) is 0 Å². The Balaban J connectivity index is 2.66. The summed E-state index contributed by atoms with van der Waals surface area (Å²) in [6, 6.07) is 12.6. The monoisotopic (exact) mass is 228 g/mol. The third-order valence-electron chi connectivity index (χ3n) is 3.25. The van der Waals surface area contributed by atoms with Gasteiger partial charge in [0, 0.05) is 4.90 Å². The summed E-state index contributed by atoms with van der Waals surface area (Å²) < 4.78 is 0. The topological polar surface area (TPSA) is 0 Å². The van der Waals surface area contributed by atoms with Crippen LogP contribution in [-0.2, 0) is 0 Å². The number of rotatable bonds is 1. The van der Waals surface area contributed by atoms with Gasteiger partial charge in [-0.2, -0.15) is 0 Å². The van der Waals surface area contributed by atoms with E-state index in [4.69, 9.17) is 0 Å². The van der Waals surface area contributed by atoms with E-state index in [2.05, 4.69) is 57.7 Å². The molecular weight excluding hydrogens is 212 g/mol. The van der Waals surface area contributed by atoms with Crippen LogP contribution in [0.1, 0.15) is 16.7 Å². The van der Waals surface area contributed by atoms with Crippen LogP contribution < -0.4 is 0 Å². The minimum atomic E-state index is 1.04. The second-order valence-electron chi connectivity index (χ2n) is 4.20. The summed E-state index contributed by atoms with van der Waals surface area (Å²) in [5.41, 5.74) is 6.56. The molecule has 0 bridgehead atoms. The zero-order valence-electron chi connectivity index (χ0n) is 9.91. The van der Waals surface area contributed by atoms with Crippen molar-refractivity contribution in [1.82, 2.24) is 0 Å². The standard InChI is InChI=1S/C15H16S/c1-10-8-9-13(12(3)11(10)2)14-6-4-5-7-15(14)16/h4-9,16H,1-3H3. The summed E-state index contributed by atoms with van der Waals surface area (Å²) in [5, 5.41) is 0. The Bertz CT molecular complexity index is 527. The van der Waals surface area contributed by atoms with Crippen LogP contribution in [0.15, 0.2) is 41.3 Å². The number of benzene rings is 2. The maximum absolute atomic E-state index is 4.52. The van der Waals surface area contributed by atoms with Gasteiger partial charge in [0.25, 0.3) is 0 Å². The quantitative estimate of drug-likeness (QED) is 0.679. The molecule has 0 aliphatic carbocycles. The predicted octanol–water partition coefficient (Wildman–Crippen LogP) is 4.57. The zero-order chi connectivity index (χ0) is 11.7. The molecule has 0 fully saturated rings. The van der Waals surface area contributed by atoms with E-state index < -0.39 is 0 Å². The second-order valence-corrected chi connectivity index (χ2v) is 4.68. The lowest BCUT2D eigenvalue weighted by Gasteiger charge is -2.12. The van der Waals surface area contributed by atoms with E-state index in [0.29, 0.717) is 0 Å². The highest BCUT2D eigenvalue weighted by Gasteiger charge is 2.07. The molecule has 0 heterocycles. The van der Waals surface area contributed by atoms with Crippen LogP contribution in [0.25, 0.3) is 11.1 Å². The predicted molar refractivity (Wildman–Crippen MR) is 73.3 cm³/mol. The number of aryl methyl sites for hydroxylation is 1. The highest BCUT2D eigenvalue weighted by molar-refractivity contribution is 7.80. The molecule has 2 aromatic carbocycles. The molecule has 0 radical (unpaired) electrons. The maximum Gasteiger partial charge on any atom is 0.0119 e. The van der Waals surface area contributed by atoms with Gasteiger partial charge in [0.15, 0.2) is 0 Å². The Morgan fingerprint density at radius 2 is 1.44 bits per heavy atom. The first-order chi connectivity index (χ1) is 7.61. The number of hydrogen-bond acceptors (Lipinski definition) is 1. The van der Waals surface area contributed by atoms with Gasteiger partial charge < -0.3 is 0 Å². The molecule has 0 saturated heterocycles. The molecule has 0 N–H and O–H groups in total. The smallest absolute Gasteiger partial charge is 0.0119 e. The molecule has 0 saturated carbocycles. The van der Waals surface area contributed by atoms with Crippen molar-refractivity contribution in [3.63, 3.8) is 0 Å². The molecule has 0 spiro atoms. The van der Waals surface area contributed by atoms with Gasteiger partial charge in [-0.15, -0.1) is 12.6 Å². The number of thiol groups is 1. The van der Waals surface area contributed by atoms with Crippen LogP contribution in [-0.4, -0.2) is 0 Å². The molecule has 2 rings (SSSR count). The zero-order valence-corrected chi connectivity index (χ0v) is 10.8. The summed E-state index contributed by atoms with van der Waals surface area (Å²) in [7, 11) is 0. The van der Waals surface area contributed by atoms with E-state index in [1.807, 2.05) is 12.1 Å². The van der Waals surface area contributed by atoms with Gasteiger partial charge in [0.1, 0.15) is 0 Å². The molecule has 16 heavy (non-hydrogen) atoms. The molecule has 0 aliphatic heterocycles. The van der Waals surface area contributed by atoms with Crippen molar-refractivity contribution in [3.05, 3.63) is 53.1 Å². The van der Waals surface area contributed by atoms with Crippen LogP contribution in [0.5, 0.6) is 0 Å². The van der Waals surface area contributed by atoms with Gasteiger partial charge in [-0.25, -0.2) is 0 Å². The average molecular weight is 228 g/mol. The van der Waals surface area contributed by atoms with Crippen molar-refractivity contribution < 1.29 is 0 Å². The summed E-state index contributed by atoms with van der Waals surface area (Å²) in [6.07, 6.45) is 0. The van der Waals surface area contributed by atoms with E-state index in [0.717, 1.165) is 4.90 Å². The molecule has 0 nitrogen and oxygen atoms in total. The van der Waals surface area contributed by atoms with Crippen LogP contribution >= 0.6 is 12.6 Å². The number of hydrogen-bond donors (Lipinski definition) is 1. The van der Waals surface area contributed by atoms with Crippen molar-refractivity contribution in [2.24, 2.45) is 0 Å². The Hall–Kier alpha value is -1.21. The lowest BCUT2D eigenvalue weighted by molar-refractivity contribution is 1.26. The largest absolute Gasteiger partial charge is 0.143 e. The average Bonchev–Trinajstić information content (AvgIpc) is 2.28. The lowest BCUT2D eigenvalue weighted by atomic mass is 9.94. The van der Waals surface area contributed by atoms with Crippen molar-refractivity contribution in [2.45, 2.75) is 25.7 Å². The molecule has 0 aliphatic rings. The molecular formula is C15H16S. The Morgan fingerprint density at radius 1 is 0.750 bits per heavy atom. The van der Waals surface area contributed by atoms with E-state index in [-0.39, 0.29) is 0 Å². The van der Waals surface area contributed by atoms with Crippen LogP contribution in [0.3, 0.4) is 0 Å². The first-order valence-electron chi connectivity index (χ1n) is 5.46. The van der Waals surface area contributed by atoms with Crippen LogP contribution in [0, 0.1) is 20.8 Å². The minimum absolute atomic E-state index is 1.04. The second kappa shape index (κ2) is 4.34. The molecule has 0 unspecified atom stereocenters. The molecule has 0 atom stereocenters. The molecule has 82 valence electrons.